The molecule has 0 saturated heterocycles. The van der Waals surface area contributed by atoms with E-state index in [9.17, 15) is 5.11 Å². The molecular weight excluding hydrogens is 293 g/mol. The zero-order valence-electron chi connectivity index (χ0n) is 12.4. The van der Waals surface area contributed by atoms with Crippen molar-refractivity contribution in [2.45, 2.75) is 52.0 Å². The molecule has 1 aliphatic rings. The molecule has 1 aromatic rings. The van der Waals surface area contributed by atoms with E-state index < -0.39 is 0 Å². The Kier molecular flexibility index (Phi) is 7.14. The van der Waals surface area contributed by atoms with Crippen LogP contribution in [0.4, 0.5) is 0 Å². The summed E-state index contributed by atoms with van der Waals surface area (Å²) in [5.41, 5.74) is 2.23. The maximum Gasteiger partial charge on any atom is 0.119 e. The molecule has 0 aromatic heterocycles. The van der Waals surface area contributed by atoms with Crippen LogP contribution in [-0.2, 0) is 12.8 Å². The van der Waals surface area contributed by atoms with E-state index in [4.69, 9.17) is 11.6 Å². The number of nitrogens with zero attached hydrogens (tertiary/aromatic N) is 1. The second kappa shape index (κ2) is 8.11. The second-order valence-electron chi connectivity index (χ2n) is 5.46. The normalized spacial score (nSPS) is 17.7. The fraction of sp³-hybridized carbons (Fsp3) is 0.625. The maximum atomic E-state index is 10.1. The van der Waals surface area contributed by atoms with Gasteiger partial charge in [0.15, 0.2) is 0 Å². The molecule has 1 atom stereocenters. The summed E-state index contributed by atoms with van der Waals surface area (Å²) in [6.45, 7) is 6.76. The van der Waals surface area contributed by atoms with Gasteiger partial charge in [0.1, 0.15) is 5.75 Å². The first-order valence-corrected chi connectivity index (χ1v) is 7.78. The van der Waals surface area contributed by atoms with Gasteiger partial charge in [0.05, 0.1) is 0 Å². The highest BCUT2D eigenvalue weighted by atomic mass is 35.5. The van der Waals surface area contributed by atoms with Crippen molar-refractivity contribution in [2.24, 2.45) is 0 Å². The third-order valence-corrected chi connectivity index (χ3v) is 4.41. The Morgan fingerprint density at radius 2 is 1.85 bits per heavy atom. The van der Waals surface area contributed by atoms with E-state index in [1.54, 1.807) is 6.07 Å². The highest BCUT2D eigenvalue weighted by Crippen LogP contribution is 2.35. The van der Waals surface area contributed by atoms with Gasteiger partial charge in [-0.25, -0.2) is 0 Å². The number of hydrogen-bond acceptors (Lipinski definition) is 2. The van der Waals surface area contributed by atoms with E-state index in [0.29, 0.717) is 11.8 Å². The Balaban J connectivity index is 0.00000200. The molecule has 114 valence electrons. The van der Waals surface area contributed by atoms with Gasteiger partial charge in [-0.1, -0.05) is 25.4 Å². The predicted molar refractivity (Wildman–Crippen MR) is 88.3 cm³/mol. The van der Waals surface area contributed by atoms with Crippen molar-refractivity contribution in [2.75, 3.05) is 13.1 Å². The van der Waals surface area contributed by atoms with Gasteiger partial charge in [0, 0.05) is 16.6 Å². The molecule has 4 heteroatoms. The summed E-state index contributed by atoms with van der Waals surface area (Å²) in [6, 6.07) is 4.09. The van der Waals surface area contributed by atoms with Crippen molar-refractivity contribution in [3.8, 4) is 5.75 Å². The summed E-state index contributed by atoms with van der Waals surface area (Å²) in [7, 11) is 0. The van der Waals surface area contributed by atoms with E-state index >= 15 is 0 Å². The average Bonchev–Trinajstić information content (AvgIpc) is 2.42. The predicted octanol–water partition coefficient (Wildman–Crippen LogP) is 4.45. The molecule has 0 radical (unpaired) electrons. The molecule has 0 fully saturated rings. The Morgan fingerprint density at radius 1 is 1.20 bits per heavy atom. The minimum Gasteiger partial charge on any atom is -0.508 e. The molecule has 0 heterocycles. The minimum atomic E-state index is 0. The number of fused-ring (bicyclic) bond motifs is 1. The Morgan fingerprint density at radius 3 is 2.45 bits per heavy atom. The van der Waals surface area contributed by atoms with E-state index in [1.807, 2.05) is 6.07 Å². The first kappa shape index (κ1) is 17.6. The molecule has 2 rings (SSSR count). The number of hydrogen-bond donors (Lipinski definition) is 1. The van der Waals surface area contributed by atoms with Gasteiger partial charge in [0.25, 0.3) is 0 Å². The highest BCUT2D eigenvalue weighted by molar-refractivity contribution is 6.31. The Hall–Kier alpha value is -0.440. The minimum absolute atomic E-state index is 0. The molecule has 0 saturated carbocycles. The molecule has 0 amide bonds. The Bertz CT molecular complexity index is 431. The summed E-state index contributed by atoms with van der Waals surface area (Å²) in [5.74, 6) is 0.414. The van der Waals surface area contributed by atoms with Crippen molar-refractivity contribution in [3.05, 3.63) is 28.3 Å². The fourth-order valence-corrected chi connectivity index (χ4v) is 3.43. The lowest BCUT2D eigenvalue weighted by atomic mass is 9.86. The molecule has 1 aliphatic carbocycles. The standard InChI is InChI=1S/C16H24ClNO.ClH/c1-3-9-18(10-4-2)12-5-6-13-14(11-12)16(19)8-7-15(13)17;/h7-8,12,19H,3-6,9-11H2,1-2H3;1H. The molecule has 1 aromatic carbocycles. The maximum absolute atomic E-state index is 10.1. The highest BCUT2D eigenvalue weighted by Gasteiger charge is 2.26. The van der Waals surface area contributed by atoms with Crippen molar-refractivity contribution in [3.63, 3.8) is 0 Å². The fourth-order valence-electron chi connectivity index (χ4n) is 3.16. The number of aromatic hydroxyl groups is 1. The summed E-state index contributed by atoms with van der Waals surface area (Å²) in [5, 5.41) is 10.9. The largest absolute Gasteiger partial charge is 0.508 e. The lowest BCUT2D eigenvalue weighted by Gasteiger charge is -2.35. The molecule has 20 heavy (non-hydrogen) atoms. The molecule has 0 aliphatic heterocycles. The van der Waals surface area contributed by atoms with Crippen LogP contribution in [0.2, 0.25) is 5.02 Å². The summed E-state index contributed by atoms with van der Waals surface area (Å²) >= 11 is 6.24. The van der Waals surface area contributed by atoms with Crippen LogP contribution >= 0.6 is 24.0 Å². The van der Waals surface area contributed by atoms with E-state index in [-0.39, 0.29) is 12.4 Å². The number of phenols is 1. The third-order valence-electron chi connectivity index (χ3n) is 4.05. The van der Waals surface area contributed by atoms with E-state index in [1.165, 1.54) is 12.8 Å². The number of phenolic OH excluding ortho intramolecular Hbond substituents is 1. The van der Waals surface area contributed by atoms with Crippen molar-refractivity contribution in [1.29, 1.82) is 0 Å². The van der Waals surface area contributed by atoms with Gasteiger partial charge in [0.2, 0.25) is 0 Å². The van der Waals surface area contributed by atoms with Crippen LogP contribution in [0, 0.1) is 0 Å². The van der Waals surface area contributed by atoms with Gasteiger partial charge in [-0.3, -0.25) is 0 Å². The Labute approximate surface area is 133 Å². The molecule has 1 N–H and O–H groups in total. The topological polar surface area (TPSA) is 23.5 Å². The van der Waals surface area contributed by atoms with Crippen molar-refractivity contribution in [1.82, 2.24) is 4.90 Å². The smallest absolute Gasteiger partial charge is 0.119 e. The van der Waals surface area contributed by atoms with Gasteiger partial charge in [-0.15, -0.1) is 12.4 Å². The SMILES string of the molecule is CCCN(CCC)C1CCc2c(Cl)ccc(O)c2C1.Cl. The lowest BCUT2D eigenvalue weighted by Crippen LogP contribution is -2.40. The number of halogens is 2. The van der Waals surface area contributed by atoms with Gasteiger partial charge in [-0.2, -0.15) is 0 Å². The first-order valence-electron chi connectivity index (χ1n) is 7.40. The van der Waals surface area contributed by atoms with Gasteiger partial charge < -0.3 is 10.0 Å². The monoisotopic (exact) mass is 317 g/mol. The molecule has 0 spiro atoms. The first-order chi connectivity index (χ1) is 9.17. The van der Waals surface area contributed by atoms with Crippen molar-refractivity contribution >= 4 is 24.0 Å². The molecule has 0 bridgehead atoms. The van der Waals surface area contributed by atoms with Crippen LogP contribution < -0.4 is 0 Å². The zero-order valence-corrected chi connectivity index (χ0v) is 13.9. The summed E-state index contributed by atoms with van der Waals surface area (Å²) in [4.78, 5) is 2.57. The lowest BCUT2D eigenvalue weighted by molar-refractivity contribution is 0.179. The summed E-state index contributed by atoms with van der Waals surface area (Å²) < 4.78 is 0. The van der Waals surface area contributed by atoms with Crippen LogP contribution in [0.5, 0.6) is 5.75 Å². The van der Waals surface area contributed by atoms with Gasteiger partial charge in [-0.05, 0) is 62.9 Å². The van der Waals surface area contributed by atoms with Gasteiger partial charge >= 0.3 is 0 Å². The van der Waals surface area contributed by atoms with Crippen LogP contribution in [0.3, 0.4) is 0 Å². The van der Waals surface area contributed by atoms with Crippen LogP contribution in [0.25, 0.3) is 0 Å². The average molecular weight is 318 g/mol. The van der Waals surface area contributed by atoms with Crippen LogP contribution in [0.1, 0.15) is 44.2 Å². The van der Waals surface area contributed by atoms with Crippen molar-refractivity contribution < 1.29 is 5.11 Å². The second-order valence-corrected chi connectivity index (χ2v) is 5.86. The van der Waals surface area contributed by atoms with Crippen LogP contribution in [-0.4, -0.2) is 29.1 Å². The number of benzene rings is 1. The zero-order chi connectivity index (χ0) is 13.8. The van der Waals surface area contributed by atoms with E-state index in [2.05, 4.69) is 18.7 Å². The molecule has 1 unspecified atom stereocenters. The van der Waals surface area contributed by atoms with Crippen LogP contribution in [0.15, 0.2) is 12.1 Å². The van der Waals surface area contributed by atoms with E-state index in [0.717, 1.165) is 48.5 Å². The molecule has 2 nitrogen and oxygen atoms in total. The number of rotatable bonds is 5. The summed E-state index contributed by atoms with van der Waals surface area (Å²) in [6.07, 6.45) is 5.44. The quantitative estimate of drug-likeness (QED) is 0.867. The molecular formula is C16H25Cl2NO. The third kappa shape index (κ3) is 3.81.